The van der Waals surface area contributed by atoms with Crippen molar-refractivity contribution in [3.8, 4) is 51.0 Å². The highest BCUT2D eigenvalue weighted by atomic mass is 32.1. The number of fused-ring (bicyclic) bond motifs is 12. The van der Waals surface area contributed by atoms with Crippen LogP contribution < -0.4 is 0 Å². The van der Waals surface area contributed by atoms with Gasteiger partial charge in [0, 0.05) is 47.6 Å². The molecule has 0 N–H and O–H groups in total. The van der Waals surface area contributed by atoms with Crippen molar-refractivity contribution >= 4 is 85.6 Å². The van der Waals surface area contributed by atoms with Crippen LogP contribution in [0.5, 0.6) is 0 Å². The van der Waals surface area contributed by atoms with Gasteiger partial charge in [-0.05, 0) is 73.8 Å². The Kier molecular flexibility index (Phi) is 7.74. The highest BCUT2D eigenvalue weighted by molar-refractivity contribution is 7.26. The molecule has 4 nitrogen and oxygen atoms in total. The van der Waals surface area contributed by atoms with Gasteiger partial charge in [0.2, 0.25) is 0 Å². The monoisotopic (exact) mass is 806 g/mol. The smallest absolute Gasteiger partial charge is 0.166 e. The van der Waals surface area contributed by atoms with Gasteiger partial charge < -0.3 is 4.57 Å². The summed E-state index contributed by atoms with van der Waals surface area (Å²) in [5.41, 5.74) is 8.44. The first-order valence-corrected chi connectivity index (χ1v) is 21.8. The molecule has 0 spiro atoms. The molecule has 13 aromatic rings. The van der Waals surface area contributed by atoms with Gasteiger partial charge in [0.05, 0.1) is 16.7 Å². The second-order valence-corrected chi connectivity index (χ2v) is 17.0. The van der Waals surface area contributed by atoms with Crippen molar-refractivity contribution < 1.29 is 0 Å². The summed E-state index contributed by atoms with van der Waals surface area (Å²) in [7, 11) is 0. The van der Waals surface area contributed by atoms with Gasteiger partial charge in [-0.15, -0.1) is 11.3 Å². The second-order valence-electron chi connectivity index (χ2n) is 15.9. The van der Waals surface area contributed by atoms with E-state index in [9.17, 15) is 0 Å². The van der Waals surface area contributed by atoms with Crippen molar-refractivity contribution in [2.45, 2.75) is 0 Å². The van der Waals surface area contributed by atoms with Crippen LogP contribution in [0.15, 0.2) is 206 Å². The Balaban J connectivity index is 1.17. The van der Waals surface area contributed by atoms with Crippen LogP contribution >= 0.6 is 11.3 Å². The molecule has 0 bridgehead atoms. The molecule has 0 amide bonds. The maximum absolute atomic E-state index is 5.37. The van der Waals surface area contributed by atoms with Gasteiger partial charge in [0.25, 0.3) is 0 Å². The number of hydrogen-bond acceptors (Lipinski definition) is 4. The molecule has 0 aliphatic heterocycles. The molecule has 13 rings (SSSR count). The molecule has 0 aliphatic carbocycles. The number of thiophene rings is 1. The summed E-state index contributed by atoms with van der Waals surface area (Å²) in [4.78, 5) is 15.8. The normalized spacial score (nSPS) is 11.9. The molecule has 0 fully saturated rings. The quantitative estimate of drug-likeness (QED) is 0.163. The van der Waals surface area contributed by atoms with E-state index in [4.69, 9.17) is 15.0 Å². The average molecular weight is 807 g/mol. The third-order valence-electron chi connectivity index (χ3n) is 12.4. The summed E-state index contributed by atoms with van der Waals surface area (Å²) in [5.74, 6) is 1.87. The van der Waals surface area contributed by atoms with Crippen LogP contribution in [0.25, 0.3) is 125 Å². The third kappa shape index (κ3) is 5.35. The first-order chi connectivity index (χ1) is 30.7. The lowest BCUT2D eigenvalue weighted by Gasteiger charge is -2.18. The molecule has 0 atom stereocenters. The highest BCUT2D eigenvalue weighted by Gasteiger charge is 2.23. The zero-order valence-electron chi connectivity index (χ0n) is 33.3. The predicted octanol–water partition coefficient (Wildman–Crippen LogP) is 15.5. The number of hydrogen-bond donors (Lipinski definition) is 0. The van der Waals surface area contributed by atoms with Crippen molar-refractivity contribution in [2.75, 3.05) is 0 Å². The minimum absolute atomic E-state index is 0.615. The third-order valence-corrected chi connectivity index (χ3v) is 13.7. The number of rotatable bonds is 5. The molecule has 0 aliphatic rings. The summed E-state index contributed by atoms with van der Waals surface area (Å²) in [6, 6.07) is 74.0. The zero-order chi connectivity index (χ0) is 40.7. The largest absolute Gasteiger partial charge is 0.308 e. The van der Waals surface area contributed by atoms with Crippen molar-refractivity contribution in [3.63, 3.8) is 0 Å². The predicted molar refractivity (Wildman–Crippen MR) is 261 cm³/mol. The van der Waals surface area contributed by atoms with Crippen LogP contribution in [0.3, 0.4) is 0 Å². The molecule has 62 heavy (non-hydrogen) atoms. The Morgan fingerprint density at radius 1 is 0.306 bits per heavy atom. The van der Waals surface area contributed by atoms with E-state index in [1.54, 1.807) is 0 Å². The molecule has 0 saturated carbocycles. The van der Waals surface area contributed by atoms with Gasteiger partial charge in [0.15, 0.2) is 17.5 Å². The van der Waals surface area contributed by atoms with Gasteiger partial charge in [0.1, 0.15) is 0 Å². The van der Waals surface area contributed by atoms with Crippen LogP contribution in [-0.4, -0.2) is 19.5 Å². The maximum atomic E-state index is 5.37. The molecule has 3 heterocycles. The van der Waals surface area contributed by atoms with E-state index in [1.807, 2.05) is 47.7 Å². The van der Waals surface area contributed by atoms with E-state index in [0.717, 1.165) is 38.8 Å². The fraction of sp³-hybridized carbons (Fsp3) is 0. The van der Waals surface area contributed by atoms with E-state index in [1.165, 1.54) is 69.0 Å². The van der Waals surface area contributed by atoms with Crippen molar-refractivity contribution in [1.82, 2.24) is 19.5 Å². The molecule has 0 radical (unpaired) electrons. The molecule has 5 heteroatoms. The summed E-state index contributed by atoms with van der Waals surface area (Å²) in [6.45, 7) is 0. The zero-order valence-corrected chi connectivity index (χ0v) is 34.1. The Morgan fingerprint density at radius 2 is 0.823 bits per heavy atom. The van der Waals surface area contributed by atoms with Gasteiger partial charge in [-0.2, -0.15) is 0 Å². The fourth-order valence-corrected chi connectivity index (χ4v) is 10.8. The van der Waals surface area contributed by atoms with E-state index in [2.05, 4.69) is 174 Å². The summed E-state index contributed by atoms with van der Waals surface area (Å²) in [5, 5.41) is 12.1. The Hall–Kier alpha value is -7.99. The number of benzene rings is 10. The maximum Gasteiger partial charge on any atom is 0.166 e. The molecule has 0 unspecified atom stereocenters. The summed E-state index contributed by atoms with van der Waals surface area (Å²) >= 11 is 1.87. The van der Waals surface area contributed by atoms with E-state index >= 15 is 0 Å². The average Bonchev–Trinajstić information content (AvgIpc) is 3.90. The van der Waals surface area contributed by atoms with Gasteiger partial charge in [-0.1, -0.05) is 176 Å². The van der Waals surface area contributed by atoms with E-state index < -0.39 is 0 Å². The van der Waals surface area contributed by atoms with Crippen LogP contribution in [0.2, 0.25) is 0 Å². The van der Waals surface area contributed by atoms with E-state index in [-0.39, 0.29) is 0 Å². The first-order valence-electron chi connectivity index (χ1n) is 20.9. The molecule has 288 valence electrons. The summed E-state index contributed by atoms with van der Waals surface area (Å²) < 4.78 is 5.05. The molecule has 10 aromatic carbocycles. The Bertz CT molecular complexity index is 3870. The van der Waals surface area contributed by atoms with Crippen LogP contribution in [0.1, 0.15) is 0 Å². The van der Waals surface area contributed by atoms with E-state index in [0.29, 0.717) is 17.5 Å². The summed E-state index contributed by atoms with van der Waals surface area (Å²) in [6.07, 6.45) is 0. The Morgan fingerprint density at radius 3 is 1.50 bits per heavy atom. The minimum atomic E-state index is 0.615. The first kappa shape index (κ1) is 34.8. The van der Waals surface area contributed by atoms with Gasteiger partial charge >= 0.3 is 0 Å². The topological polar surface area (TPSA) is 43.6 Å². The second kappa shape index (κ2) is 13.8. The molecular formula is C57H34N4S. The van der Waals surface area contributed by atoms with Gasteiger partial charge in [-0.3, -0.25) is 0 Å². The lowest BCUT2D eigenvalue weighted by Crippen LogP contribution is -2.04. The minimum Gasteiger partial charge on any atom is -0.308 e. The number of nitrogens with zero attached hydrogens (tertiary/aromatic N) is 4. The van der Waals surface area contributed by atoms with Crippen LogP contribution in [-0.2, 0) is 0 Å². The van der Waals surface area contributed by atoms with Crippen LogP contribution in [0.4, 0.5) is 0 Å². The standard InChI is InChI=1S/C57H34N4S/c1-3-16-35(17-4-1)55-58-56(36-18-5-2-6-19-36)60-57(59-55)49-33-47-41-22-9-7-20-39(41)40-21-8-10-23-42(40)48(47)34-52(49)61-50-28-13-11-24-43(50)44-31-30-37(32-51(44)61)38-26-15-27-46-45-25-12-14-29-53(45)62-54(38)46/h1-34H. The SMILES string of the molecule is c1ccc(-c2nc(-c3ccccc3)nc(-c3cc4c5ccccc5c5ccccc5c4cc3-n3c4ccccc4c4ccc(-c5cccc6c5sc5ccccc56)cc43)n2)cc1. The molecular weight excluding hydrogens is 773 g/mol. The van der Waals surface area contributed by atoms with Crippen LogP contribution in [0, 0.1) is 0 Å². The Labute approximate surface area is 360 Å². The lowest BCUT2D eigenvalue weighted by atomic mass is 9.92. The fourth-order valence-electron chi connectivity index (χ4n) is 9.60. The number of para-hydroxylation sites is 1. The number of aromatic nitrogens is 4. The van der Waals surface area contributed by atoms with Crippen molar-refractivity contribution in [1.29, 1.82) is 0 Å². The van der Waals surface area contributed by atoms with Crippen molar-refractivity contribution in [2.24, 2.45) is 0 Å². The molecule has 3 aromatic heterocycles. The molecule has 0 saturated heterocycles. The van der Waals surface area contributed by atoms with Crippen molar-refractivity contribution in [3.05, 3.63) is 206 Å². The highest BCUT2D eigenvalue weighted by Crippen LogP contribution is 2.45. The van der Waals surface area contributed by atoms with Gasteiger partial charge in [-0.25, -0.2) is 15.0 Å². The lowest BCUT2D eigenvalue weighted by molar-refractivity contribution is 1.07.